The maximum Gasteiger partial charge on any atom is 0.139 e. The van der Waals surface area contributed by atoms with Crippen LogP contribution in [0.1, 0.15) is 5.56 Å². The van der Waals surface area contributed by atoms with E-state index in [1.165, 1.54) is 6.07 Å². The van der Waals surface area contributed by atoms with Crippen LogP contribution in [0.15, 0.2) is 40.9 Å². The molecule has 2 aromatic carbocycles. The molecule has 0 atom stereocenters. The second-order valence-electron chi connectivity index (χ2n) is 4.53. The zero-order chi connectivity index (χ0) is 14.7. The summed E-state index contributed by atoms with van der Waals surface area (Å²) in [6.45, 7) is 0.634. The first-order valence-corrected chi connectivity index (χ1v) is 6.89. The van der Waals surface area contributed by atoms with Gasteiger partial charge in [-0.1, -0.05) is 12.1 Å². The zero-order valence-electron chi connectivity index (χ0n) is 11.4. The molecule has 0 amide bonds. The highest BCUT2D eigenvalue weighted by atomic mass is 79.9. The van der Waals surface area contributed by atoms with Crippen molar-refractivity contribution in [3.8, 4) is 5.75 Å². The second kappa shape index (κ2) is 6.13. The monoisotopic (exact) mass is 338 g/mol. The van der Waals surface area contributed by atoms with Gasteiger partial charge >= 0.3 is 0 Å². The molecule has 0 aromatic heterocycles. The summed E-state index contributed by atoms with van der Waals surface area (Å²) >= 11 is 3.12. The normalized spacial score (nSPS) is 10.4. The average Bonchev–Trinajstić information content (AvgIpc) is 2.43. The fourth-order valence-electron chi connectivity index (χ4n) is 1.97. The Bertz CT molecular complexity index is 602. The van der Waals surface area contributed by atoms with E-state index in [0.29, 0.717) is 22.4 Å². The molecule has 0 unspecified atom stereocenters. The standard InChI is InChI=1S/C15H16BrFN2O/c1-19(9-10-3-5-11(20-2)6-4-10)15-8-13(17)12(16)7-14(15)18/h3-8H,9,18H2,1-2H3. The Balaban J connectivity index is 2.18. The number of anilines is 2. The van der Waals surface area contributed by atoms with E-state index < -0.39 is 0 Å². The summed E-state index contributed by atoms with van der Waals surface area (Å²) in [5.74, 6) is 0.487. The van der Waals surface area contributed by atoms with Crippen molar-refractivity contribution in [1.29, 1.82) is 0 Å². The van der Waals surface area contributed by atoms with E-state index in [1.807, 2.05) is 36.2 Å². The number of nitrogens with two attached hydrogens (primary N) is 1. The van der Waals surface area contributed by atoms with Crippen molar-refractivity contribution in [2.45, 2.75) is 6.54 Å². The third kappa shape index (κ3) is 3.22. The molecule has 0 fully saturated rings. The summed E-state index contributed by atoms with van der Waals surface area (Å²) in [7, 11) is 3.51. The van der Waals surface area contributed by atoms with Crippen LogP contribution in [-0.4, -0.2) is 14.2 Å². The lowest BCUT2D eigenvalue weighted by molar-refractivity contribution is 0.414. The Hall–Kier alpha value is -1.75. The number of nitrogen functional groups attached to an aromatic ring is 1. The predicted octanol–water partition coefficient (Wildman–Crippen LogP) is 3.82. The highest BCUT2D eigenvalue weighted by Gasteiger charge is 2.10. The lowest BCUT2D eigenvalue weighted by Crippen LogP contribution is -2.18. The number of hydrogen-bond donors (Lipinski definition) is 1. The van der Waals surface area contributed by atoms with Crippen molar-refractivity contribution in [3.63, 3.8) is 0 Å². The van der Waals surface area contributed by atoms with E-state index in [4.69, 9.17) is 10.5 Å². The maximum absolute atomic E-state index is 13.6. The van der Waals surface area contributed by atoms with Crippen LogP contribution in [0.3, 0.4) is 0 Å². The molecule has 0 spiro atoms. The molecule has 0 aliphatic rings. The number of rotatable bonds is 4. The number of benzene rings is 2. The number of ether oxygens (including phenoxy) is 1. The van der Waals surface area contributed by atoms with Gasteiger partial charge in [-0.15, -0.1) is 0 Å². The summed E-state index contributed by atoms with van der Waals surface area (Å²) in [4.78, 5) is 1.91. The van der Waals surface area contributed by atoms with Crippen molar-refractivity contribution in [1.82, 2.24) is 0 Å². The zero-order valence-corrected chi connectivity index (χ0v) is 12.9. The largest absolute Gasteiger partial charge is 0.497 e. The predicted molar refractivity (Wildman–Crippen MR) is 83.6 cm³/mol. The van der Waals surface area contributed by atoms with Crippen molar-refractivity contribution < 1.29 is 9.13 Å². The van der Waals surface area contributed by atoms with E-state index in [0.717, 1.165) is 11.3 Å². The SMILES string of the molecule is COc1ccc(CN(C)c2cc(F)c(Br)cc2N)cc1. The van der Waals surface area contributed by atoms with Crippen molar-refractivity contribution in [2.24, 2.45) is 0 Å². The van der Waals surface area contributed by atoms with Gasteiger partial charge in [0.05, 0.1) is 23.0 Å². The summed E-state index contributed by atoms with van der Waals surface area (Å²) < 4.78 is 19.1. The van der Waals surface area contributed by atoms with Crippen LogP contribution in [0.2, 0.25) is 0 Å². The molecule has 106 valence electrons. The van der Waals surface area contributed by atoms with Crippen molar-refractivity contribution >= 4 is 27.3 Å². The highest BCUT2D eigenvalue weighted by molar-refractivity contribution is 9.10. The number of nitrogens with zero attached hydrogens (tertiary/aromatic N) is 1. The minimum atomic E-state index is -0.323. The molecule has 0 aliphatic carbocycles. The van der Waals surface area contributed by atoms with Gasteiger partial charge in [0.15, 0.2) is 0 Å². The van der Waals surface area contributed by atoms with Crippen LogP contribution in [0.25, 0.3) is 0 Å². The molecule has 3 nitrogen and oxygen atoms in total. The van der Waals surface area contributed by atoms with E-state index in [9.17, 15) is 4.39 Å². The Morgan fingerprint density at radius 3 is 2.50 bits per heavy atom. The van der Waals surface area contributed by atoms with Crippen LogP contribution in [0, 0.1) is 5.82 Å². The van der Waals surface area contributed by atoms with Gasteiger partial charge < -0.3 is 15.4 Å². The molecule has 0 heterocycles. The van der Waals surface area contributed by atoms with Crippen molar-refractivity contribution in [3.05, 3.63) is 52.3 Å². The maximum atomic E-state index is 13.6. The van der Waals surface area contributed by atoms with Gasteiger partial charge in [0.1, 0.15) is 11.6 Å². The van der Waals surface area contributed by atoms with E-state index in [-0.39, 0.29) is 5.82 Å². The fourth-order valence-corrected chi connectivity index (χ4v) is 2.33. The molecule has 20 heavy (non-hydrogen) atoms. The van der Waals surface area contributed by atoms with Crippen LogP contribution in [0.4, 0.5) is 15.8 Å². The molecule has 2 N–H and O–H groups in total. The number of hydrogen-bond acceptors (Lipinski definition) is 3. The van der Waals surface area contributed by atoms with Crippen LogP contribution in [-0.2, 0) is 6.54 Å². The first kappa shape index (κ1) is 14.7. The third-order valence-electron chi connectivity index (χ3n) is 3.06. The Morgan fingerprint density at radius 1 is 1.25 bits per heavy atom. The van der Waals surface area contributed by atoms with Gasteiger partial charge in [0, 0.05) is 19.7 Å². The molecule has 2 aromatic rings. The minimum absolute atomic E-state index is 0.323. The summed E-state index contributed by atoms with van der Waals surface area (Å²) in [6.07, 6.45) is 0. The van der Waals surface area contributed by atoms with Crippen LogP contribution >= 0.6 is 15.9 Å². The first-order valence-electron chi connectivity index (χ1n) is 6.10. The summed E-state index contributed by atoms with van der Waals surface area (Å²) in [6, 6.07) is 10.8. The van der Waals surface area contributed by atoms with Gasteiger partial charge in [-0.2, -0.15) is 0 Å². The molecule has 0 aliphatic heterocycles. The topological polar surface area (TPSA) is 38.5 Å². The second-order valence-corrected chi connectivity index (χ2v) is 5.38. The Morgan fingerprint density at radius 2 is 1.90 bits per heavy atom. The van der Waals surface area contributed by atoms with Gasteiger partial charge in [0.25, 0.3) is 0 Å². The molecule has 2 rings (SSSR count). The molecular formula is C15H16BrFN2O. The highest BCUT2D eigenvalue weighted by Crippen LogP contribution is 2.29. The summed E-state index contributed by atoms with van der Waals surface area (Å²) in [5.41, 5.74) is 8.23. The fraction of sp³-hybridized carbons (Fsp3) is 0.200. The number of halogens is 2. The van der Waals surface area contributed by atoms with Gasteiger partial charge in [0.2, 0.25) is 0 Å². The quantitative estimate of drug-likeness (QED) is 0.861. The molecule has 0 radical (unpaired) electrons. The van der Waals surface area contributed by atoms with Gasteiger partial charge in [-0.25, -0.2) is 4.39 Å². The van der Waals surface area contributed by atoms with Gasteiger partial charge in [-0.3, -0.25) is 0 Å². The van der Waals surface area contributed by atoms with Crippen molar-refractivity contribution in [2.75, 3.05) is 24.8 Å². The lowest BCUT2D eigenvalue weighted by atomic mass is 10.2. The van der Waals surface area contributed by atoms with Crippen LogP contribution < -0.4 is 15.4 Å². The average molecular weight is 339 g/mol. The third-order valence-corrected chi connectivity index (χ3v) is 3.67. The van der Waals surface area contributed by atoms with Gasteiger partial charge in [-0.05, 0) is 39.7 Å². The minimum Gasteiger partial charge on any atom is -0.497 e. The van der Waals surface area contributed by atoms with E-state index in [2.05, 4.69) is 15.9 Å². The molecule has 5 heteroatoms. The first-order chi connectivity index (χ1) is 9.51. The molecule has 0 bridgehead atoms. The Kier molecular flexibility index (Phi) is 4.49. The Labute approximate surface area is 126 Å². The molecule has 0 saturated heterocycles. The van der Waals surface area contributed by atoms with Crippen LogP contribution in [0.5, 0.6) is 5.75 Å². The van der Waals surface area contributed by atoms with E-state index in [1.54, 1.807) is 13.2 Å². The molecular weight excluding hydrogens is 323 g/mol. The lowest BCUT2D eigenvalue weighted by Gasteiger charge is -2.21. The summed E-state index contributed by atoms with van der Waals surface area (Å²) in [5, 5.41) is 0. The van der Waals surface area contributed by atoms with E-state index >= 15 is 0 Å². The number of methoxy groups -OCH3 is 1. The smallest absolute Gasteiger partial charge is 0.139 e. The molecule has 0 saturated carbocycles.